The maximum atomic E-state index is 13.0. The van der Waals surface area contributed by atoms with E-state index in [1.807, 2.05) is 30.3 Å². The third-order valence-corrected chi connectivity index (χ3v) is 6.55. The number of benzene rings is 2. The molecule has 1 saturated heterocycles. The molecule has 194 valence electrons. The molecule has 0 saturated carbocycles. The molecule has 1 aliphatic heterocycles. The van der Waals surface area contributed by atoms with Crippen LogP contribution in [-0.2, 0) is 4.74 Å². The lowest BCUT2D eigenvalue weighted by Crippen LogP contribution is -2.43. The van der Waals surface area contributed by atoms with Crippen LogP contribution in [0.1, 0.15) is 29.2 Å². The van der Waals surface area contributed by atoms with Crippen molar-refractivity contribution in [3.8, 4) is 22.5 Å². The van der Waals surface area contributed by atoms with E-state index in [1.54, 1.807) is 35.2 Å². The Morgan fingerprint density at radius 3 is 2.45 bits per heavy atom. The fourth-order valence-electron chi connectivity index (χ4n) is 4.50. The minimum atomic E-state index is -0.471. The van der Waals surface area contributed by atoms with E-state index in [0.29, 0.717) is 48.4 Å². The molecular weight excluding hydrogens is 488 g/mol. The molecular formula is C27H26N6O5. The summed E-state index contributed by atoms with van der Waals surface area (Å²) in [5.74, 6) is 0.0357. The van der Waals surface area contributed by atoms with Crippen LogP contribution in [-0.4, -0.2) is 56.8 Å². The van der Waals surface area contributed by atoms with Crippen molar-refractivity contribution in [3.63, 3.8) is 0 Å². The van der Waals surface area contributed by atoms with Gasteiger partial charge in [0, 0.05) is 30.4 Å². The van der Waals surface area contributed by atoms with E-state index in [1.165, 1.54) is 18.0 Å². The quantitative estimate of drug-likeness (QED) is 0.349. The molecule has 0 aliphatic carbocycles. The second kappa shape index (κ2) is 10.6. The number of anilines is 1. The molecule has 3 N–H and O–H groups in total. The topological polar surface area (TPSA) is 142 Å². The van der Waals surface area contributed by atoms with Crippen molar-refractivity contribution in [2.45, 2.75) is 18.9 Å². The number of ether oxygens (including phenoxy) is 1. The van der Waals surface area contributed by atoms with Crippen LogP contribution in [0.25, 0.3) is 22.5 Å². The Bertz CT molecular complexity index is 1580. The number of nitrogens with zero attached hydrogens (tertiary/aromatic N) is 3. The SMILES string of the molecule is COC(=O)c1cccc(-c2c[nH]c(=O)c(NC(=O)N3CCC(n4nc(-c5ccccc5)[nH]c4=O)CC3)c2)c1. The molecule has 0 atom stereocenters. The van der Waals surface area contributed by atoms with Crippen molar-refractivity contribution >= 4 is 17.7 Å². The highest BCUT2D eigenvalue weighted by Crippen LogP contribution is 2.24. The van der Waals surface area contributed by atoms with Crippen molar-refractivity contribution in [1.29, 1.82) is 0 Å². The number of rotatable bonds is 5. The number of nitrogens with one attached hydrogen (secondary N) is 3. The molecule has 11 nitrogen and oxygen atoms in total. The smallest absolute Gasteiger partial charge is 0.343 e. The van der Waals surface area contributed by atoms with Gasteiger partial charge in [0.2, 0.25) is 0 Å². The van der Waals surface area contributed by atoms with Crippen molar-refractivity contribution in [2.75, 3.05) is 25.5 Å². The molecule has 3 heterocycles. The molecule has 38 heavy (non-hydrogen) atoms. The summed E-state index contributed by atoms with van der Waals surface area (Å²) in [6, 6.07) is 17.2. The summed E-state index contributed by atoms with van der Waals surface area (Å²) >= 11 is 0. The molecule has 2 aromatic heterocycles. The van der Waals surface area contributed by atoms with Crippen molar-refractivity contribution in [1.82, 2.24) is 24.6 Å². The maximum Gasteiger partial charge on any atom is 0.343 e. The van der Waals surface area contributed by atoms with Crippen LogP contribution in [0.2, 0.25) is 0 Å². The summed E-state index contributed by atoms with van der Waals surface area (Å²) in [5, 5.41) is 7.16. The minimum Gasteiger partial charge on any atom is -0.465 e. The highest BCUT2D eigenvalue weighted by Gasteiger charge is 2.26. The lowest BCUT2D eigenvalue weighted by Gasteiger charge is -2.31. The fourth-order valence-corrected chi connectivity index (χ4v) is 4.50. The van der Waals surface area contributed by atoms with Crippen LogP contribution < -0.4 is 16.6 Å². The first-order valence-corrected chi connectivity index (χ1v) is 12.1. The number of piperidine rings is 1. The number of aromatic amines is 2. The Balaban J connectivity index is 1.25. The van der Waals surface area contributed by atoms with Crippen LogP contribution in [0.3, 0.4) is 0 Å². The summed E-state index contributed by atoms with van der Waals surface area (Å²) in [4.78, 5) is 56.8. The van der Waals surface area contributed by atoms with Gasteiger partial charge in [0.25, 0.3) is 5.56 Å². The van der Waals surface area contributed by atoms with E-state index in [-0.39, 0.29) is 17.4 Å². The number of methoxy groups -OCH3 is 1. The molecule has 1 aliphatic rings. The Hall–Kier alpha value is -4.93. The number of amides is 2. The molecule has 0 unspecified atom stereocenters. The summed E-state index contributed by atoms with van der Waals surface area (Å²) in [6.45, 7) is 0.796. The summed E-state index contributed by atoms with van der Waals surface area (Å²) in [7, 11) is 1.31. The van der Waals surface area contributed by atoms with E-state index in [4.69, 9.17) is 4.74 Å². The molecule has 4 aromatic rings. The molecule has 2 amide bonds. The number of hydrogen-bond donors (Lipinski definition) is 3. The monoisotopic (exact) mass is 514 g/mol. The van der Waals surface area contributed by atoms with E-state index in [0.717, 1.165) is 5.56 Å². The average molecular weight is 515 g/mol. The summed E-state index contributed by atoms with van der Waals surface area (Å²) in [5.41, 5.74) is 1.86. The van der Waals surface area contributed by atoms with Gasteiger partial charge in [-0.3, -0.25) is 9.78 Å². The normalized spacial score (nSPS) is 13.8. The van der Waals surface area contributed by atoms with Gasteiger partial charge in [-0.2, -0.15) is 0 Å². The Morgan fingerprint density at radius 1 is 0.974 bits per heavy atom. The van der Waals surface area contributed by atoms with Gasteiger partial charge in [-0.05, 0) is 36.6 Å². The molecule has 1 fully saturated rings. The van der Waals surface area contributed by atoms with Gasteiger partial charge in [0.05, 0.1) is 18.7 Å². The second-order valence-corrected chi connectivity index (χ2v) is 8.94. The van der Waals surface area contributed by atoms with E-state index < -0.39 is 17.6 Å². The molecule has 0 radical (unpaired) electrons. The second-order valence-electron chi connectivity index (χ2n) is 8.94. The molecule has 2 aromatic carbocycles. The third-order valence-electron chi connectivity index (χ3n) is 6.55. The first-order chi connectivity index (χ1) is 18.4. The fraction of sp³-hybridized carbons (Fsp3) is 0.222. The molecule has 11 heteroatoms. The van der Waals surface area contributed by atoms with E-state index in [2.05, 4.69) is 20.4 Å². The zero-order chi connectivity index (χ0) is 26.6. The lowest BCUT2D eigenvalue weighted by atomic mass is 10.0. The van der Waals surface area contributed by atoms with Crippen molar-refractivity contribution in [2.24, 2.45) is 0 Å². The first-order valence-electron chi connectivity index (χ1n) is 12.1. The zero-order valence-corrected chi connectivity index (χ0v) is 20.6. The third kappa shape index (κ3) is 5.12. The highest BCUT2D eigenvalue weighted by molar-refractivity contribution is 5.92. The number of likely N-dealkylation sites (tertiary alicyclic amines) is 1. The molecule has 0 spiro atoms. The molecule has 0 bridgehead atoms. The van der Waals surface area contributed by atoms with Gasteiger partial charge in [-0.1, -0.05) is 42.5 Å². The van der Waals surface area contributed by atoms with Crippen molar-refractivity contribution in [3.05, 3.63) is 93.3 Å². The number of H-pyrrole nitrogens is 2. The van der Waals surface area contributed by atoms with Gasteiger partial charge in [-0.15, -0.1) is 5.10 Å². The van der Waals surface area contributed by atoms with Crippen LogP contribution in [0.5, 0.6) is 0 Å². The number of carbonyl (C=O) groups excluding carboxylic acids is 2. The van der Waals surface area contributed by atoms with Crippen LogP contribution in [0.4, 0.5) is 10.5 Å². The van der Waals surface area contributed by atoms with Crippen LogP contribution in [0.15, 0.2) is 76.4 Å². The van der Waals surface area contributed by atoms with Gasteiger partial charge in [0.1, 0.15) is 5.69 Å². The average Bonchev–Trinajstić information content (AvgIpc) is 3.35. The molecule has 5 rings (SSSR count). The van der Waals surface area contributed by atoms with Crippen molar-refractivity contribution < 1.29 is 14.3 Å². The minimum absolute atomic E-state index is 0.0918. The number of esters is 1. The number of carbonyl (C=O) groups is 2. The highest BCUT2D eigenvalue weighted by atomic mass is 16.5. The number of pyridine rings is 1. The van der Waals surface area contributed by atoms with Crippen LogP contribution in [0, 0.1) is 0 Å². The first kappa shape index (κ1) is 24.8. The Morgan fingerprint density at radius 2 is 1.71 bits per heavy atom. The lowest BCUT2D eigenvalue weighted by molar-refractivity contribution is 0.0600. The van der Waals surface area contributed by atoms with Gasteiger partial charge in [0.15, 0.2) is 5.82 Å². The summed E-state index contributed by atoms with van der Waals surface area (Å²) < 4.78 is 6.22. The summed E-state index contributed by atoms with van der Waals surface area (Å²) in [6.07, 6.45) is 2.61. The van der Waals surface area contributed by atoms with Gasteiger partial charge < -0.3 is 19.9 Å². The van der Waals surface area contributed by atoms with E-state index in [9.17, 15) is 19.2 Å². The predicted octanol–water partition coefficient (Wildman–Crippen LogP) is 3.25. The van der Waals surface area contributed by atoms with E-state index >= 15 is 0 Å². The maximum absolute atomic E-state index is 13.0. The van der Waals surface area contributed by atoms with Gasteiger partial charge >= 0.3 is 17.7 Å². The van der Waals surface area contributed by atoms with Gasteiger partial charge in [-0.25, -0.2) is 19.1 Å². The number of hydrogen-bond acceptors (Lipinski definition) is 6. The number of aromatic nitrogens is 4. The van der Waals surface area contributed by atoms with Crippen LogP contribution >= 0.6 is 0 Å². The zero-order valence-electron chi connectivity index (χ0n) is 20.6. The Labute approximate surface area is 217 Å². The standard InChI is InChI=1S/C27H26N6O5/c1-38-25(35)19-9-5-8-18(14-19)20-15-22(24(34)28-16-20)29-26(36)32-12-10-21(11-13-32)33-27(37)30-23(31-33)17-6-3-2-4-7-17/h2-9,14-16,21H,10-13H2,1H3,(H,28,34)(H,29,36)(H,30,31,37). The predicted molar refractivity (Wildman–Crippen MR) is 141 cm³/mol. The Kier molecular flexibility index (Phi) is 6.90. The number of urea groups is 1. The largest absolute Gasteiger partial charge is 0.465 e.